The van der Waals surface area contributed by atoms with Crippen LogP contribution >= 0.6 is 0 Å². The zero-order valence-electron chi connectivity index (χ0n) is 16.4. The summed E-state index contributed by atoms with van der Waals surface area (Å²) >= 11 is 0. The number of hydrogen-bond acceptors (Lipinski definition) is 3. The van der Waals surface area contributed by atoms with Crippen LogP contribution in [0, 0.1) is 17.8 Å². The van der Waals surface area contributed by atoms with Crippen LogP contribution in [0.3, 0.4) is 0 Å². The standard InChI is InChI=1S/C22H30N2O3/c1-15-5-10-20-16(12-15)4-3-11-23(20)22(26)17-13-21(25)24(14-17)18-6-8-19(27-2)9-7-18/h6-9,15-17,20H,3-5,10-14H2,1-2H3/t15-,16-,17-,20+/m1/s1. The second-order valence-corrected chi connectivity index (χ2v) is 8.52. The van der Waals surface area contributed by atoms with Crippen LogP contribution in [0.4, 0.5) is 5.69 Å². The SMILES string of the molecule is COc1ccc(N2C[C@H](C(=O)N3CCC[C@@H]4C[C@H](C)CC[C@@H]43)CC2=O)cc1. The number of amides is 2. The molecule has 1 saturated carbocycles. The summed E-state index contributed by atoms with van der Waals surface area (Å²) in [7, 11) is 1.63. The van der Waals surface area contributed by atoms with Gasteiger partial charge in [-0.1, -0.05) is 6.92 Å². The van der Waals surface area contributed by atoms with Gasteiger partial charge >= 0.3 is 0 Å². The summed E-state index contributed by atoms with van der Waals surface area (Å²) in [6.45, 7) is 3.69. The highest BCUT2D eigenvalue weighted by Crippen LogP contribution is 2.39. The molecule has 27 heavy (non-hydrogen) atoms. The summed E-state index contributed by atoms with van der Waals surface area (Å²) in [5, 5.41) is 0. The molecule has 0 bridgehead atoms. The molecule has 3 aliphatic rings. The van der Waals surface area contributed by atoms with Crippen molar-refractivity contribution in [2.75, 3.05) is 25.1 Å². The molecule has 4 atom stereocenters. The van der Waals surface area contributed by atoms with Crippen LogP contribution < -0.4 is 9.64 Å². The van der Waals surface area contributed by atoms with Gasteiger partial charge in [-0.25, -0.2) is 0 Å². The number of rotatable bonds is 3. The number of anilines is 1. The Balaban J connectivity index is 1.45. The molecule has 2 aliphatic heterocycles. The third kappa shape index (κ3) is 3.56. The molecule has 2 amide bonds. The van der Waals surface area contributed by atoms with E-state index in [9.17, 15) is 9.59 Å². The Labute approximate surface area is 161 Å². The van der Waals surface area contributed by atoms with Crippen LogP contribution in [0.1, 0.15) is 45.4 Å². The molecular weight excluding hydrogens is 340 g/mol. The molecule has 146 valence electrons. The molecule has 1 aliphatic carbocycles. The van der Waals surface area contributed by atoms with Gasteiger partial charge in [-0.3, -0.25) is 9.59 Å². The maximum Gasteiger partial charge on any atom is 0.228 e. The number of carbonyl (C=O) groups is 2. The molecule has 4 rings (SSSR count). The third-order valence-corrected chi connectivity index (χ3v) is 6.72. The van der Waals surface area contributed by atoms with E-state index in [1.807, 2.05) is 24.3 Å². The maximum absolute atomic E-state index is 13.3. The predicted octanol–water partition coefficient (Wildman–Crippen LogP) is 3.48. The Morgan fingerprint density at radius 2 is 1.93 bits per heavy atom. The fraction of sp³-hybridized carbons (Fsp3) is 0.636. The summed E-state index contributed by atoms with van der Waals surface area (Å²) in [6.07, 6.45) is 6.26. The van der Waals surface area contributed by atoms with Crippen LogP contribution in [0.2, 0.25) is 0 Å². The average Bonchev–Trinajstić information content (AvgIpc) is 3.08. The smallest absolute Gasteiger partial charge is 0.228 e. The molecule has 2 saturated heterocycles. The van der Waals surface area contributed by atoms with Gasteiger partial charge in [0.05, 0.1) is 13.0 Å². The largest absolute Gasteiger partial charge is 0.497 e. The second-order valence-electron chi connectivity index (χ2n) is 8.52. The molecular formula is C22H30N2O3. The van der Waals surface area contributed by atoms with Crippen molar-refractivity contribution in [2.24, 2.45) is 17.8 Å². The van der Waals surface area contributed by atoms with E-state index in [2.05, 4.69) is 11.8 Å². The van der Waals surface area contributed by atoms with Crippen molar-refractivity contribution in [2.45, 2.75) is 51.5 Å². The first-order valence-corrected chi connectivity index (χ1v) is 10.3. The van der Waals surface area contributed by atoms with E-state index in [0.717, 1.165) is 36.7 Å². The first kappa shape index (κ1) is 18.3. The van der Waals surface area contributed by atoms with E-state index in [1.54, 1.807) is 12.0 Å². The van der Waals surface area contributed by atoms with Gasteiger partial charge < -0.3 is 14.5 Å². The molecule has 2 heterocycles. The summed E-state index contributed by atoms with van der Waals surface area (Å²) < 4.78 is 5.19. The molecule has 0 aromatic heterocycles. The minimum Gasteiger partial charge on any atom is -0.497 e. The number of fused-ring (bicyclic) bond motifs is 1. The van der Waals surface area contributed by atoms with Gasteiger partial charge in [0.2, 0.25) is 11.8 Å². The number of nitrogens with zero attached hydrogens (tertiary/aromatic N) is 2. The number of methoxy groups -OCH3 is 1. The van der Waals surface area contributed by atoms with Crippen LogP contribution in [-0.2, 0) is 9.59 Å². The van der Waals surface area contributed by atoms with Crippen LogP contribution in [0.25, 0.3) is 0 Å². The van der Waals surface area contributed by atoms with Gasteiger partial charge in [0.1, 0.15) is 5.75 Å². The normalized spacial score (nSPS) is 31.0. The van der Waals surface area contributed by atoms with Crippen molar-refractivity contribution in [1.82, 2.24) is 4.90 Å². The summed E-state index contributed by atoms with van der Waals surface area (Å²) in [5.74, 6) is 2.23. The van der Waals surface area contributed by atoms with Gasteiger partial charge in [0.15, 0.2) is 0 Å². The second kappa shape index (κ2) is 7.53. The first-order chi connectivity index (χ1) is 13.1. The molecule has 5 nitrogen and oxygen atoms in total. The third-order valence-electron chi connectivity index (χ3n) is 6.72. The lowest BCUT2D eigenvalue weighted by atomic mass is 9.74. The Bertz CT molecular complexity index is 702. The molecule has 1 aromatic carbocycles. The minimum absolute atomic E-state index is 0.0457. The zero-order valence-corrected chi connectivity index (χ0v) is 16.4. The van der Waals surface area contributed by atoms with Gasteiger partial charge in [-0.2, -0.15) is 0 Å². The number of likely N-dealkylation sites (tertiary alicyclic amines) is 1. The zero-order chi connectivity index (χ0) is 19.0. The monoisotopic (exact) mass is 370 g/mol. The lowest BCUT2D eigenvalue weighted by Gasteiger charge is -2.46. The molecule has 0 unspecified atom stereocenters. The number of piperidine rings is 1. The Hall–Kier alpha value is -2.04. The number of carbonyl (C=O) groups excluding carboxylic acids is 2. The topological polar surface area (TPSA) is 49.9 Å². The van der Waals surface area contributed by atoms with Crippen molar-refractivity contribution < 1.29 is 14.3 Å². The van der Waals surface area contributed by atoms with Crippen molar-refractivity contribution in [3.05, 3.63) is 24.3 Å². The highest BCUT2D eigenvalue weighted by molar-refractivity contribution is 6.00. The molecule has 5 heteroatoms. The maximum atomic E-state index is 13.3. The molecule has 3 fully saturated rings. The summed E-state index contributed by atoms with van der Waals surface area (Å²) in [6, 6.07) is 7.89. The van der Waals surface area contributed by atoms with Crippen LogP contribution in [0.15, 0.2) is 24.3 Å². The van der Waals surface area contributed by atoms with Gasteiger partial charge in [-0.05, 0) is 68.2 Å². The average molecular weight is 370 g/mol. The van der Waals surface area contributed by atoms with Crippen molar-refractivity contribution in [3.63, 3.8) is 0 Å². The summed E-state index contributed by atoms with van der Waals surface area (Å²) in [4.78, 5) is 29.8. The Morgan fingerprint density at radius 3 is 2.67 bits per heavy atom. The van der Waals surface area contributed by atoms with E-state index in [1.165, 1.54) is 19.3 Å². The lowest BCUT2D eigenvalue weighted by molar-refractivity contribution is -0.142. The number of benzene rings is 1. The lowest BCUT2D eigenvalue weighted by Crippen LogP contribution is -2.52. The van der Waals surface area contributed by atoms with E-state index in [-0.39, 0.29) is 17.7 Å². The molecule has 1 aromatic rings. The fourth-order valence-electron chi connectivity index (χ4n) is 5.29. The van der Waals surface area contributed by atoms with Crippen molar-refractivity contribution in [1.29, 1.82) is 0 Å². The molecule has 0 spiro atoms. The van der Waals surface area contributed by atoms with E-state index >= 15 is 0 Å². The first-order valence-electron chi connectivity index (χ1n) is 10.3. The summed E-state index contributed by atoms with van der Waals surface area (Å²) in [5.41, 5.74) is 0.846. The molecule has 0 radical (unpaired) electrons. The quantitative estimate of drug-likeness (QED) is 0.819. The Kier molecular flexibility index (Phi) is 5.11. The van der Waals surface area contributed by atoms with Gasteiger partial charge in [-0.15, -0.1) is 0 Å². The highest BCUT2D eigenvalue weighted by Gasteiger charge is 2.43. The van der Waals surface area contributed by atoms with Crippen molar-refractivity contribution >= 4 is 17.5 Å². The van der Waals surface area contributed by atoms with E-state index in [0.29, 0.717) is 24.9 Å². The molecule has 0 N–H and O–H groups in total. The predicted molar refractivity (Wildman–Crippen MR) is 105 cm³/mol. The fourth-order valence-corrected chi connectivity index (χ4v) is 5.29. The van der Waals surface area contributed by atoms with Crippen LogP contribution in [-0.4, -0.2) is 43.0 Å². The highest BCUT2D eigenvalue weighted by atomic mass is 16.5. The minimum atomic E-state index is -0.210. The van der Waals surface area contributed by atoms with E-state index < -0.39 is 0 Å². The van der Waals surface area contributed by atoms with Gasteiger partial charge in [0.25, 0.3) is 0 Å². The number of ether oxygens (including phenoxy) is 1. The van der Waals surface area contributed by atoms with Crippen LogP contribution in [0.5, 0.6) is 5.75 Å². The van der Waals surface area contributed by atoms with Crippen molar-refractivity contribution in [3.8, 4) is 5.75 Å². The van der Waals surface area contributed by atoms with E-state index in [4.69, 9.17) is 4.74 Å². The Morgan fingerprint density at radius 1 is 1.15 bits per heavy atom. The van der Waals surface area contributed by atoms with Gasteiger partial charge in [0, 0.05) is 31.2 Å². The number of hydrogen-bond donors (Lipinski definition) is 0.